The van der Waals surface area contributed by atoms with Crippen LogP contribution in [0.1, 0.15) is 29.1 Å². The summed E-state index contributed by atoms with van der Waals surface area (Å²) in [4.78, 5) is 11.2. The van der Waals surface area contributed by atoms with E-state index in [1.54, 1.807) is 18.2 Å². The lowest BCUT2D eigenvalue weighted by molar-refractivity contribution is -0.479. The van der Waals surface area contributed by atoms with Gasteiger partial charge in [0, 0.05) is 15.1 Å². The monoisotopic (exact) mass is 602 g/mol. The number of nitro groups is 1. The lowest BCUT2D eigenvalue weighted by Crippen LogP contribution is -2.11. The van der Waals surface area contributed by atoms with Gasteiger partial charge in [0.2, 0.25) is 6.54 Å². The van der Waals surface area contributed by atoms with E-state index in [1.165, 1.54) is 11.8 Å². The Labute approximate surface area is 232 Å². The Balaban J connectivity index is 1.55. The molecule has 0 aliphatic rings. The molecule has 3 aromatic carbocycles. The van der Waals surface area contributed by atoms with Gasteiger partial charge >= 0.3 is 0 Å². The highest BCUT2D eigenvalue weighted by molar-refractivity contribution is 9.10. The van der Waals surface area contributed by atoms with Gasteiger partial charge in [-0.15, -0.1) is 10.2 Å². The molecule has 0 unspecified atom stereocenters. The number of nitrogens with zero attached hydrogens (tertiary/aromatic N) is 4. The lowest BCUT2D eigenvalue weighted by Gasteiger charge is -2.16. The summed E-state index contributed by atoms with van der Waals surface area (Å²) >= 11 is 11.2. The first-order chi connectivity index (χ1) is 17.8. The van der Waals surface area contributed by atoms with Crippen LogP contribution in [-0.2, 0) is 6.61 Å². The summed E-state index contributed by atoms with van der Waals surface area (Å²) in [5.74, 6) is 1.93. The van der Waals surface area contributed by atoms with Crippen molar-refractivity contribution in [1.29, 1.82) is 0 Å². The predicted molar refractivity (Wildman–Crippen MR) is 148 cm³/mol. The molecule has 0 saturated carbocycles. The first kappa shape index (κ1) is 27.0. The van der Waals surface area contributed by atoms with Gasteiger partial charge in [-0.1, -0.05) is 57.5 Å². The number of thioether (sulfide) groups is 1. The molecule has 4 rings (SSSR count). The van der Waals surface area contributed by atoms with Gasteiger partial charge < -0.3 is 9.47 Å². The van der Waals surface area contributed by atoms with E-state index in [1.807, 2.05) is 66.9 Å². The molecule has 1 heterocycles. The summed E-state index contributed by atoms with van der Waals surface area (Å²) in [6.45, 7) is 4.38. The Morgan fingerprint density at radius 1 is 1.08 bits per heavy atom. The third-order valence-corrected chi connectivity index (χ3v) is 7.40. The van der Waals surface area contributed by atoms with E-state index in [-0.39, 0.29) is 11.5 Å². The molecule has 37 heavy (non-hydrogen) atoms. The molecular weight excluding hydrogens is 580 g/mol. The van der Waals surface area contributed by atoms with Crippen molar-refractivity contribution in [3.63, 3.8) is 0 Å². The van der Waals surface area contributed by atoms with Crippen molar-refractivity contribution in [2.24, 2.45) is 0 Å². The van der Waals surface area contributed by atoms with E-state index in [2.05, 4.69) is 26.1 Å². The van der Waals surface area contributed by atoms with Crippen LogP contribution in [0.15, 0.2) is 76.4 Å². The Kier molecular flexibility index (Phi) is 9.07. The fraction of sp³-hybridized carbons (Fsp3) is 0.231. The number of halogens is 2. The molecule has 1 aromatic heterocycles. The van der Waals surface area contributed by atoms with E-state index in [0.29, 0.717) is 40.5 Å². The lowest BCUT2D eigenvalue weighted by atomic mass is 10.1. The topological polar surface area (TPSA) is 92.3 Å². The van der Waals surface area contributed by atoms with Crippen LogP contribution in [0.2, 0.25) is 5.02 Å². The van der Waals surface area contributed by atoms with Crippen molar-refractivity contribution in [1.82, 2.24) is 14.8 Å². The summed E-state index contributed by atoms with van der Waals surface area (Å²) in [6, 6.07) is 20.6. The molecule has 0 spiro atoms. The van der Waals surface area contributed by atoms with Gasteiger partial charge in [0.05, 0.1) is 11.6 Å². The molecule has 0 fully saturated rings. The third kappa shape index (κ3) is 7.03. The molecule has 4 aromatic rings. The van der Waals surface area contributed by atoms with Crippen LogP contribution in [0.3, 0.4) is 0 Å². The minimum Gasteiger partial charge on any atom is -0.494 e. The Hall–Kier alpha value is -3.08. The Morgan fingerprint density at radius 3 is 2.46 bits per heavy atom. The van der Waals surface area contributed by atoms with E-state index in [0.717, 1.165) is 21.5 Å². The maximum atomic E-state index is 11.5. The van der Waals surface area contributed by atoms with E-state index in [9.17, 15) is 10.1 Å². The number of benzene rings is 3. The summed E-state index contributed by atoms with van der Waals surface area (Å²) in [7, 11) is 0. The van der Waals surface area contributed by atoms with Crippen LogP contribution in [-0.4, -0.2) is 32.8 Å². The van der Waals surface area contributed by atoms with Crippen LogP contribution in [0.5, 0.6) is 11.5 Å². The number of rotatable bonds is 11. The largest absolute Gasteiger partial charge is 0.494 e. The number of aryl methyl sites for hydroxylation is 1. The van der Waals surface area contributed by atoms with Gasteiger partial charge in [-0.2, -0.15) is 0 Å². The minimum absolute atomic E-state index is 0.310. The van der Waals surface area contributed by atoms with Crippen LogP contribution < -0.4 is 9.47 Å². The highest BCUT2D eigenvalue weighted by atomic mass is 79.9. The standard InChI is InChI=1S/C26H24BrClN4O4S/c1-3-35-22-11-9-21(10-12-22)32-17(2)29-30-26(32)37-25(15-31(33)34)19-6-13-24(23(28)14-19)36-16-18-4-7-20(27)8-5-18/h4-14,25H,3,15-16H2,1-2H3/t25-/m1/s1. The van der Waals surface area contributed by atoms with Gasteiger partial charge in [-0.25, -0.2) is 0 Å². The molecular formula is C26H24BrClN4O4S. The number of aromatic nitrogens is 3. The average Bonchev–Trinajstić information content (AvgIpc) is 3.24. The molecule has 0 saturated heterocycles. The molecule has 0 bridgehead atoms. The van der Waals surface area contributed by atoms with Crippen molar-refractivity contribution in [3.8, 4) is 17.2 Å². The highest BCUT2D eigenvalue weighted by Gasteiger charge is 2.24. The second-order valence-corrected chi connectivity index (χ2v) is 10.5. The number of hydrogen-bond donors (Lipinski definition) is 0. The normalized spacial score (nSPS) is 11.8. The third-order valence-electron chi connectivity index (χ3n) is 5.40. The highest BCUT2D eigenvalue weighted by Crippen LogP contribution is 2.39. The zero-order valence-electron chi connectivity index (χ0n) is 20.1. The van der Waals surface area contributed by atoms with Crippen molar-refractivity contribution < 1.29 is 14.4 Å². The second kappa shape index (κ2) is 12.4. The van der Waals surface area contributed by atoms with Gasteiger partial charge in [0.25, 0.3) is 0 Å². The zero-order chi connectivity index (χ0) is 26.4. The van der Waals surface area contributed by atoms with Crippen molar-refractivity contribution in [2.75, 3.05) is 13.2 Å². The molecule has 192 valence electrons. The summed E-state index contributed by atoms with van der Waals surface area (Å²) < 4.78 is 14.3. The Morgan fingerprint density at radius 2 is 1.81 bits per heavy atom. The van der Waals surface area contributed by atoms with Crippen LogP contribution in [0.25, 0.3) is 5.69 Å². The van der Waals surface area contributed by atoms with Crippen molar-refractivity contribution >= 4 is 39.3 Å². The minimum atomic E-state index is -0.543. The molecule has 0 aliphatic heterocycles. The molecule has 0 aliphatic carbocycles. The Bertz CT molecular complexity index is 1370. The summed E-state index contributed by atoms with van der Waals surface area (Å²) in [5.41, 5.74) is 2.53. The predicted octanol–water partition coefficient (Wildman–Crippen LogP) is 7.08. The molecule has 0 amide bonds. The van der Waals surface area contributed by atoms with Crippen molar-refractivity contribution in [2.45, 2.75) is 30.9 Å². The second-order valence-electron chi connectivity index (χ2n) is 8.02. The van der Waals surface area contributed by atoms with E-state index in [4.69, 9.17) is 21.1 Å². The van der Waals surface area contributed by atoms with Crippen LogP contribution in [0.4, 0.5) is 0 Å². The zero-order valence-corrected chi connectivity index (χ0v) is 23.3. The van der Waals surface area contributed by atoms with Gasteiger partial charge in [0.15, 0.2) is 5.16 Å². The van der Waals surface area contributed by atoms with Gasteiger partial charge in [-0.3, -0.25) is 14.7 Å². The van der Waals surface area contributed by atoms with Gasteiger partial charge in [-0.05, 0) is 73.5 Å². The fourth-order valence-corrected chi connectivity index (χ4v) is 5.30. The molecule has 0 N–H and O–H groups in total. The molecule has 11 heteroatoms. The van der Waals surface area contributed by atoms with Crippen LogP contribution in [0, 0.1) is 17.0 Å². The van der Waals surface area contributed by atoms with Crippen molar-refractivity contribution in [3.05, 3.63) is 103 Å². The number of ether oxygens (including phenoxy) is 2. The summed E-state index contributed by atoms with van der Waals surface area (Å²) in [6.07, 6.45) is 0. The fourth-order valence-electron chi connectivity index (χ4n) is 3.62. The van der Waals surface area contributed by atoms with E-state index >= 15 is 0 Å². The maximum Gasteiger partial charge on any atom is 0.220 e. The van der Waals surface area contributed by atoms with E-state index < -0.39 is 5.25 Å². The molecule has 8 nitrogen and oxygen atoms in total. The van der Waals surface area contributed by atoms with Crippen LogP contribution >= 0.6 is 39.3 Å². The molecule has 0 radical (unpaired) electrons. The first-order valence-corrected chi connectivity index (χ1v) is 13.5. The molecule has 1 atom stereocenters. The summed E-state index contributed by atoms with van der Waals surface area (Å²) in [5, 5.41) is 20.4. The smallest absolute Gasteiger partial charge is 0.220 e. The number of hydrogen-bond acceptors (Lipinski definition) is 7. The first-order valence-electron chi connectivity index (χ1n) is 11.4. The van der Waals surface area contributed by atoms with Gasteiger partial charge in [0.1, 0.15) is 29.2 Å². The average molecular weight is 604 g/mol. The quantitative estimate of drug-likeness (QED) is 0.103. The SMILES string of the molecule is CCOc1ccc(-n2c(C)nnc2S[C@H](C[N+](=O)[O-])c2ccc(OCc3ccc(Br)cc3)c(Cl)c2)cc1. The maximum absolute atomic E-state index is 11.5.